The maximum Gasteiger partial charge on any atom is 0.222 e. The number of nitrogens with one attached hydrogen (secondary N) is 1. The zero-order valence-corrected chi connectivity index (χ0v) is 17.9. The van der Waals surface area contributed by atoms with Crippen molar-refractivity contribution in [3.8, 4) is 11.5 Å². The zero-order valence-electron chi connectivity index (χ0n) is 17.1. The van der Waals surface area contributed by atoms with E-state index < -0.39 is 0 Å². The first-order chi connectivity index (χ1) is 14.6. The van der Waals surface area contributed by atoms with E-state index in [9.17, 15) is 4.79 Å². The van der Waals surface area contributed by atoms with Gasteiger partial charge in [-0.15, -0.1) is 0 Å². The molecule has 7 nitrogen and oxygen atoms in total. The minimum atomic E-state index is 0.183. The van der Waals surface area contributed by atoms with E-state index >= 15 is 0 Å². The van der Waals surface area contributed by atoms with Gasteiger partial charge in [-0.3, -0.25) is 9.78 Å². The molecule has 0 radical (unpaired) electrons. The summed E-state index contributed by atoms with van der Waals surface area (Å²) in [5, 5.41) is 4.36. The van der Waals surface area contributed by atoms with Crippen LogP contribution in [-0.2, 0) is 22.7 Å². The van der Waals surface area contributed by atoms with Gasteiger partial charge in [0.1, 0.15) is 16.5 Å². The van der Waals surface area contributed by atoms with Gasteiger partial charge in [0.15, 0.2) is 0 Å². The van der Waals surface area contributed by atoms with E-state index in [0.717, 1.165) is 40.6 Å². The van der Waals surface area contributed by atoms with Crippen LogP contribution in [0.4, 0.5) is 10.7 Å². The average molecular weight is 425 g/mol. The third-order valence-electron chi connectivity index (χ3n) is 4.81. The van der Waals surface area contributed by atoms with Gasteiger partial charge >= 0.3 is 0 Å². The number of pyridine rings is 1. The fourth-order valence-electron chi connectivity index (χ4n) is 3.35. The van der Waals surface area contributed by atoms with Crippen LogP contribution in [0.5, 0.6) is 11.5 Å². The molecule has 3 aromatic rings. The fourth-order valence-corrected chi connectivity index (χ4v) is 4.04. The number of hydrogen-bond donors (Lipinski definition) is 1. The Kier molecular flexibility index (Phi) is 6.25. The first-order valence-electron chi connectivity index (χ1n) is 9.83. The summed E-state index contributed by atoms with van der Waals surface area (Å²) in [5.74, 6) is 1.53. The molecule has 0 aliphatic carbocycles. The molecule has 8 heteroatoms. The van der Waals surface area contributed by atoms with Crippen LogP contribution in [0.3, 0.4) is 0 Å². The summed E-state index contributed by atoms with van der Waals surface area (Å²) >= 11 is 1.42. The zero-order chi connectivity index (χ0) is 20.9. The number of rotatable bonds is 8. The van der Waals surface area contributed by atoms with Gasteiger partial charge in [0.2, 0.25) is 5.91 Å². The highest BCUT2D eigenvalue weighted by Crippen LogP contribution is 2.31. The number of carbonyl (C=O) groups excluding carboxylic acids is 1. The van der Waals surface area contributed by atoms with Crippen LogP contribution in [-0.4, -0.2) is 33.8 Å². The summed E-state index contributed by atoms with van der Waals surface area (Å²) < 4.78 is 15.5. The molecule has 4 rings (SSSR count). The minimum Gasteiger partial charge on any atom is -0.455 e. The van der Waals surface area contributed by atoms with Crippen molar-refractivity contribution in [1.82, 2.24) is 14.3 Å². The molecule has 1 amide bonds. The van der Waals surface area contributed by atoms with Crippen LogP contribution in [0, 0.1) is 6.92 Å². The van der Waals surface area contributed by atoms with E-state index in [0.29, 0.717) is 31.1 Å². The first-order valence-corrected chi connectivity index (χ1v) is 10.6. The van der Waals surface area contributed by atoms with Gasteiger partial charge in [0.05, 0.1) is 24.2 Å². The van der Waals surface area contributed by atoms with Crippen molar-refractivity contribution in [1.29, 1.82) is 0 Å². The van der Waals surface area contributed by atoms with Crippen molar-refractivity contribution in [2.45, 2.75) is 32.9 Å². The summed E-state index contributed by atoms with van der Waals surface area (Å²) in [6, 6.07) is 11.7. The Bertz CT molecular complexity index is 1020. The Morgan fingerprint density at radius 3 is 2.80 bits per heavy atom. The fraction of sp³-hybridized carbons (Fsp3) is 0.318. The number of benzene rings is 1. The van der Waals surface area contributed by atoms with Gasteiger partial charge in [0, 0.05) is 37.9 Å². The molecule has 156 valence electrons. The number of carbonyl (C=O) groups is 1. The Labute approximate surface area is 179 Å². The number of methoxy groups -OCH3 is 1. The molecule has 0 unspecified atom stereocenters. The standard InChI is InChI=1S/C22H24N4O3S/c1-15-10-21(30-25-15)24-17-6-8-20(16(11-17)13-26-9-3-4-22(26)27)29-19-7-5-18(14-28-2)23-12-19/h5-8,10-12,24H,3-4,9,13-14H2,1-2H3. The molecule has 1 fully saturated rings. The van der Waals surface area contributed by atoms with Crippen molar-refractivity contribution < 1.29 is 14.3 Å². The highest BCUT2D eigenvalue weighted by molar-refractivity contribution is 7.10. The molecule has 1 saturated heterocycles. The topological polar surface area (TPSA) is 76.6 Å². The molecular formula is C22H24N4O3S. The lowest BCUT2D eigenvalue weighted by Crippen LogP contribution is -2.24. The highest BCUT2D eigenvalue weighted by Gasteiger charge is 2.22. The summed E-state index contributed by atoms with van der Waals surface area (Å²) in [4.78, 5) is 18.4. The van der Waals surface area contributed by atoms with E-state index in [1.807, 2.05) is 48.2 Å². The molecule has 1 aliphatic heterocycles. The monoisotopic (exact) mass is 424 g/mol. The average Bonchev–Trinajstić information content (AvgIpc) is 3.33. The van der Waals surface area contributed by atoms with E-state index in [1.54, 1.807) is 13.3 Å². The number of aromatic nitrogens is 2. The molecule has 3 heterocycles. The summed E-state index contributed by atoms with van der Waals surface area (Å²) in [6.07, 6.45) is 3.20. The van der Waals surface area contributed by atoms with Crippen LogP contribution in [0.25, 0.3) is 0 Å². The number of hydrogen-bond acceptors (Lipinski definition) is 7. The maximum absolute atomic E-state index is 12.2. The van der Waals surface area contributed by atoms with Crippen LogP contribution in [0.1, 0.15) is 29.8 Å². The Balaban J connectivity index is 1.57. The second kappa shape index (κ2) is 9.23. The van der Waals surface area contributed by atoms with Crippen LogP contribution in [0.2, 0.25) is 0 Å². The summed E-state index contributed by atoms with van der Waals surface area (Å²) in [5.41, 5.74) is 3.69. The van der Waals surface area contributed by atoms with E-state index in [1.165, 1.54) is 11.5 Å². The second-order valence-corrected chi connectivity index (χ2v) is 8.02. The van der Waals surface area contributed by atoms with Gasteiger partial charge in [-0.2, -0.15) is 4.37 Å². The van der Waals surface area contributed by atoms with Crippen LogP contribution in [0.15, 0.2) is 42.6 Å². The van der Waals surface area contributed by atoms with Crippen molar-refractivity contribution in [2.75, 3.05) is 19.0 Å². The Morgan fingerprint density at radius 1 is 1.23 bits per heavy atom. The van der Waals surface area contributed by atoms with E-state index in [-0.39, 0.29) is 5.91 Å². The van der Waals surface area contributed by atoms with E-state index in [2.05, 4.69) is 14.7 Å². The van der Waals surface area contributed by atoms with Crippen LogP contribution >= 0.6 is 11.5 Å². The quantitative estimate of drug-likeness (QED) is 0.567. The number of nitrogens with zero attached hydrogens (tertiary/aromatic N) is 3. The third-order valence-corrected chi connectivity index (χ3v) is 5.60. The molecule has 0 atom stereocenters. The van der Waals surface area contributed by atoms with Crippen LogP contribution < -0.4 is 10.1 Å². The summed E-state index contributed by atoms with van der Waals surface area (Å²) in [6.45, 7) is 3.72. The maximum atomic E-state index is 12.2. The Hall–Kier alpha value is -2.97. The molecule has 1 aromatic carbocycles. The minimum absolute atomic E-state index is 0.183. The highest BCUT2D eigenvalue weighted by atomic mass is 32.1. The number of anilines is 2. The molecule has 0 spiro atoms. The second-order valence-electron chi connectivity index (χ2n) is 7.22. The SMILES string of the molecule is COCc1ccc(Oc2ccc(Nc3cc(C)ns3)cc2CN2CCCC2=O)cn1. The van der Waals surface area contributed by atoms with E-state index in [4.69, 9.17) is 9.47 Å². The predicted octanol–water partition coefficient (Wildman–Crippen LogP) is 4.65. The molecule has 0 saturated carbocycles. The lowest BCUT2D eigenvalue weighted by molar-refractivity contribution is -0.128. The predicted molar refractivity (Wildman–Crippen MR) is 116 cm³/mol. The lowest BCUT2D eigenvalue weighted by Gasteiger charge is -2.19. The Morgan fingerprint density at radius 2 is 2.13 bits per heavy atom. The normalized spacial score (nSPS) is 13.7. The van der Waals surface area contributed by atoms with Crippen molar-refractivity contribution in [2.24, 2.45) is 0 Å². The van der Waals surface area contributed by atoms with Gasteiger partial charge < -0.3 is 19.7 Å². The van der Waals surface area contributed by atoms with Crippen molar-refractivity contribution >= 4 is 28.1 Å². The third kappa shape index (κ3) is 4.95. The van der Waals surface area contributed by atoms with Gasteiger partial charge in [-0.1, -0.05) is 0 Å². The first kappa shape index (κ1) is 20.3. The van der Waals surface area contributed by atoms with Gasteiger partial charge in [-0.25, -0.2) is 0 Å². The molecule has 0 bridgehead atoms. The van der Waals surface area contributed by atoms with Gasteiger partial charge in [0.25, 0.3) is 0 Å². The lowest BCUT2D eigenvalue weighted by atomic mass is 10.1. The van der Waals surface area contributed by atoms with Crippen molar-refractivity contribution in [3.63, 3.8) is 0 Å². The summed E-state index contributed by atoms with van der Waals surface area (Å²) in [7, 11) is 1.64. The smallest absolute Gasteiger partial charge is 0.222 e. The molecule has 30 heavy (non-hydrogen) atoms. The largest absolute Gasteiger partial charge is 0.455 e. The molecule has 1 N–H and O–H groups in total. The molecular weight excluding hydrogens is 400 g/mol. The van der Waals surface area contributed by atoms with Crippen molar-refractivity contribution in [3.05, 3.63) is 59.5 Å². The number of amides is 1. The number of ether oxygens (including phenoxy) is 2. The number of aryl methyl sites for hydroxylation is 1. The molecule has 2 aromatic heterocycles. The number of likely N-dealkylation sites (tertiary alicyclic amines) is 1. The molecule has 1 aliphatic rings. The van der Waals surface area contributed by atoms with Gasteiger partial charge in [-0.05, 0) is 61.3 Å².